The zero-order chi connectivity index (χ0) is 13.0. The third-order valence-electron chi connectivity index (χ3n) is 2.98. The molecule has 3 heteroatoms. The minimum atomic E-state index is -0.860. The van der Waals surface area contributed by atoms with Gasteiger partial charge in [0.05, 0.1) is 5.56 Å². The van der Waals surface area contributed by atoms with Crippen LogP contribution in [0.2, 0.25) is 0 Å². The normalized spacial score (nSPS) is 10.5. The first kappa shape index (κ1) is 12.8. The van der Waals surface area contributed by atoms with Crippen molar-refractivity contribution in [1.29, 1.82) is 0 Å². The molecule has 0 radical (unpaired) electrons. The lowest BCUT2D eigenvalue weighted by molar-refractivity contribution is 0.0698. The number of carboxylic acids is 1. The molecule has 0 spiro atoms. The van der Waals surface area contributed by atoms with Crippen LogP contribution < -0.4 is 0 Å². The molecule has 0 amide bonds. The van der Waals surface area contributed by atoms with Crippen LogP contribution in [0.3, 0.4) is 0 Å². The van der Waals surface area contributed by atoms with Crippen LogP contribution in [-0.4, -0.2) is 11.1 Å². The Labute approximate surface area is 111 Å². The molecule has 0 aliphatic carbocycles. The Morgan fingerprint density at radius 1 is 1.22 bits per heavy atom. The van der Waals surface area contributed by atoms with Gasteiger partial charge in [-0.05, 0) is 29.3 Å². The van der Waals surface area contributed by atoms with Gasteiger partial charge in [-0.1, -0.05) is 37.6 Å². The molecule has 2 aromatic rings. The van der Waals surface area contributed by atoms with Crippen molar-refractivity contribution in [3.05, 3.63) is 46.2 Å². The van der Waals surface area contributed by atoms with Crippen LogP contribution in [0, 0.1) is 0 Å². The zero-order valence-electron chi connectivity index (χ0n) is 10.3. The monoisotopic (exact) mass is 260 g/mol. The summed E-state index contributed by atoms with van der Waals surface area (Å²) in [7, 11) is 0. The van der Waals surface area contributed by atoms with Crippen molar-refractivity contribution >= 4 is 17.3 Å². The molecule has 94 valence electrons. The number of aryl methyl sites for hydroxylation is 1. The van der Waals surface area contributed by atoms with E-state index in [4.69, 9.17) is 5.11 Å². The summed E-state index contributed by atoms with van der Waals surface area (Å²) in [6.07, 6.45) is 3.47. The van der Waals surface area contributed by atoms with E-state index in [1.165, 1.54) is 29.7 Å². The van der Waals surface area contributed by atoms with Gasteiger partial charge in [-0.3, -0.25) is 0 Å². The van der Waals surface area contributed by atoms with E-state index in [2.05, 4.69) is 19.1 Å². The van der Waals surface area contributed by atoms with Crippen LogP contribution in [0.15, 0.2) is 35.0 Å². The van der Waals surface area contributed by atoms with E-state index >= 15 is 0 Å². The summed E-state index contributed by atoms with van der Waals surface area (Å²) in [5, 5.41) is 12.7. The Bertz CT molecular complexity index is 526. The molecule has 0 saturated heterocycles. The van der Waals surface area contributed by atoms with E-state index in [9.17, 15) is 4.79 Å². The Hall–Kier alpha value is -1.61. The molecule has 1 heterocycles. The second kappa shape index (κ2) is 5.83. The molecule has 1 aromatic carbocycles. The van der Waals surface area contributed by atoms with Crippen LogP contribution in [-0.2, 0) is 6.42 Å². The van der Waals surface area contributed by atoms with E-state index in [1.807, 2.05) is 17.5 Å². The van der Waals surface area contributed by atoms with Crippen LogP contribution in [0.25, 0.3) is 11.1 Å². The topological polar surface area (TPSA) is 37.3 Å². The lowest BCUT2D eigenvalue weighted by Gasteiger charge is -2.03. The van der Waals surface area contributed by atoms with Crippen LogP contribution in [0.1, 0.15) is 35.7 Å². The molecule has 1 N–H and O–H groups in total. The van der Waals surface area contributed by atoms with Gasteiger partial charge < -0.3 is 5.11 Å². The standard InChI is InChI=1S/C15H16O2S/c1-2-3-4-11-5-7-12(8-6-11)13-9-18-10-14(13)15(16)17/h5-10H,2-4H2,1H3,(H,16,17). The summed E-state index contributed by atoms with van der Waals surface area (Å²) in [5.41, 5.74) is 3.50. The van der Waals surface area contributed by atoms with E-state index in [0.29, 0.717) is 5.56 Å². The Kier molecular flexibility index (Phi) is 4.15. The quantitative estimate of drug-likeness (QED) is 0.862. The Morgan fingerprint density at radius 3 is 2.56 bits per heavy atom. The summed E-state index contributed by atoms with van der Waals surface area (Å²) in [5.74, 6) is -0.860. The first-order chi connectivity index (χ1) is 8.72. The van der Waals surface area contributed by atoms with E-state index in [0.717, 1.165) is 17.5 Å². The number of hydrogen-bond acceptors (Lipinski definition) is 2. The predicted octanol–water partition coefficient (Wildman–Crippen LogP) is 4.46. The first-order valence-electron chi connectivity index (χ1n) is 6.11. The molecule has 1 aromatic heterocycles. The minimum absolute atomic E-state index is 0.390. The van der Waals surface area contributed by atoms with E-state index in [-0.39, 0.29) is 0 Å². The molecule has 0 aliphatic rings. The van der Waals surface area contributed by atoms with Gasteiger partial charge in [-0.25, -0.2) is 4.79 Å². The maximum Gasteiger partial charge on any atom is 0.337 e. The fourth-order valence-corrected chi connectivity index (χ4v) is 2.75. The van der Waals surface area contributed by atoms with E-state index in [1.54, 1.807) is 5.38 Å². The molecule has 0 saturated carbocycles. The first-order valence-corrected chi connectivity index (χ1v) is 7.05. The van der Waals surface area contributed by atoms with Crippen molar-refractivity contribution in [1.82, 2.24) is 0 Å². The number of unbranched alkanes of at least 4 members (excludes halogenated alkanes) is 1. The highest BCUT2D eigenvalue weighted by molar-refractivity contribution is 7.08. The largest absolute Gasteiger partial charge is 0.478 e. The smallest absolute Gasteiger partial charge is 0.337 e. The maximum atomic E-state index is 11.1. The van der Waals surface area contributed by atoms with Gasteiger partial charge in [-0.15, -0.1) is 0 Å². The van der Waals surface area contributed by atoms with Gasteiger partial charge in [-0.2, -0.15) is 11.3 Å². The summed E-state index contributed by atoms with van der Waals surface area (Å²) in [4.78, 5) is 11.1. The fourth-order valence-electron chi connectivity index (χ4n) is 1.92. The number of hydrogen-bond donors (Lipinski definition) is 1. The molecule has 0 aliphatic heterocycles. The van der Waals surface area contributed by atoms with Crippen LogP contribution in [0.5, 0.6) is 0 Å². The Balaban J connectivity index is 2.23. The van der Waals surface area contributed by atoms with Crippen molar-refractivity contribution in [2.24, 2.45) is 0 Å². The van der Waals surface area contributed by atoms with Crippen LogP contribution in [0.4, 0.5) is 0 Å². The van der Waals surface area contributed by atoms with Gasteiger partial charge in [0.2, 0.25) is 0 Å². The number of carboxylic acid groups (broad SMARTS) is 1. The SMILES string of the molecule is CCCCc1ccc(-c2cscc2C(=O)O)cc1. The van der Waals surface area contributed by atoms with Gasteiger partial charge >= 0.3 is 5.97 Å². The van der Waals surface area contributed by atoms with Gasteiger partial charge in [0.25, 0.3) is 0 Å². The van der Waals surface area contributed by atoms with Gasteiger partial charge in [0.1, 0.15) is 0 Å². The second-order valence-electron chi connectivity index (χ2n) is 4.30. The molecule has 2 rings (SSSR count). The summed E-state index contributed by atoms with van der Waals surface area (Å²) in [6.45, 7) is 2.18. The highest BCUT2D eigenvalue weighted by Crippen LogP contribution is 2.27. The number of benzene rings is 1. The average molecular weight is 260 g/mol. The van der Waals surface area contributed by atoms with Crippen molar-refractivity contribution in [2.45, 2.75) is 26.2 Å². The van der Waals surface area contributed by atoms with Crippen molar-refractivity contribution in [3.63, 3.8) is 0 Å². The zero-order valence-corrected chi connectivity index (χ0v) is 11.2. The number of thiophene rings is 1. The van der Waals surface area contributed by atoms with E-state index < -0.39 is 5.97 Å². The highest BCUT2D eigenvalue weighted by atomic mass is 32.1. The van der Waals surface area contributed by atoms with Crippen LogP contribution >= 0.6 is 11.3 Å². The molecule has 0 atom stereocenters. The third-order valence-corrected chi connectivity index (χ3v) is 3.72. The number of carbonyl (C=O) groups is 1. The minimum Gasteiger partial charge on any atom is -0.478 e. The lowest BCUT2D eigenvalue weighted by Crippen LogP contribution is -1.95. The molecular formula is C15H16O2S. The molecule has 0 unspecified atom stereocenters. The molecule has 0 bridgehead atoms. The van der Waals surface area contributed by atoms with Gasteiger partial charge in [0, 0.05) is 10.9 Å². The third kappa shape index (κ3) is 2.79. The maximum absolute atomic E-state index is 11.1. The second-order valence-corrected chi connectivity index (χ2v) is 5.05. The number of aromatic carboxylic acids is 1. The average Bonchev–Trinajstić information content (AvgIpc) is 2.86. The Morgan fingerprint density at radius 2 is 1.94 bits per heavy atom. The number of rotatable bonds is 5. The summed E-state index contributed by atoms with van der Waals surface area (Å²) >= 11 is 1.43. The molecule has 18 heavy (non-hydrogen) atoms. The molecule has 2 nitrogen and oxygen atoms in total. The van der Waals surface area contributed by atoms with Crippen molar-refractivity contribution < 1.29 is 9.90 Å². The summed E-state index contributed by atoms with van der Waals surface area (Å²) in [6, 6.07) is 8.21. The van der Waals surface area contributed by atoms with Crippen molar-refractivity contribution in [3.8, 4) is 11.1 Å². The predicted molar refractivity (Wildman–Crippen MR) is 75.3 cm³/mol. The molecular weight excluding hydrogens is 244 g/mol. The van der Waals surface area contributed by atoms with Crippen molar-refractivity contribution in [2.75, 3.05) is 0 Å². The summed E-state index contributed by atoms with van der Waals surface area (Å²) < 4.78 is 0. The fraction of sp³-hybridized carbons (Fsp3) is 0.267. The molecule has 0 fully saturated rings. The van der Waals surface area contributed by atoms with Gasteiger partial charge in [0.15, 0.2) is 0 Å². The highest BCUT2D eigenvalue weighted by Gasteiger charge is 2.12. The lowest BCUT2D eigenvalue weighted by atomic mass is 10.0.